The minimum Gasteiger partial charge on any atom is -0.484 e. The number of hydrogen-bond acceptors (Lipinski definition) is 3. The predicted octanol–water partition coefficient (Wildman–Crippen LogP) is 4.76. The van der Waals surface area contributed by atoms with Gasteiger partial charge in [-0.2, -0.15) is 0 Å². The summed E-state index contributed by atoms with van der Waals surface area (Å²) >= 11 is 0. The molecular weight excluding hydrogens is 374 g/mol. The molecule has 5 rings (SSSR count). The van der Waals surface area contributed by atoms with Crippen LogP contribution in [0.2, 0.25) is 0 Å². The fraction of sp³-hybridized carbons (Fsp3) is 0.500. The van der Waals surface area contributed by atoms with Crippen molar-refractivity contribution in [3.8, 4) is 5.75 Å². The van der Waals surface area contributed by atoms with Gasteiger partial charge in [0.25, 0.3) is 5.91 Å². The van der Waals surface area contributed by atoms with E-state index in [0.717, 1.165) is 18.8 Å². The van der Waals surface area contributed by atoms with E-state index in [2.05, 4.69) is 49.5 Å². The van der Waals surface area contributed by atoms with E-state index in [1.54, 1.807) is 0 Å². The number of para-hydroxylation sites is 1. The summed E-state index contributed by atoms with van der Waals surface area (Å²) in [5, 5.41) is 3.41. The van der Waals surface area contributed by atoms with Gasteiger partial charge in [-0.05, 0) is 59.6 Å². The molecule has 2 aromatic rings. The van der Waals surface area contributed by atoms with Crippen LogP contribution < -0.4 is 10.1 Å². The molecule has 1 spiro atoms. The number of rotatable bonds is 5. The van der Waals surface area contributed by atoms with Gasteiger partial charge in [0.1, 0.15) is 5.75 Å². The van der Waals surface area contributed by atoms with E-state index >= 15 is 0 Å². The van der Waals surface area contributed by atoms with Crippen molar-refractivity contribution < 1.29 is 14.3 Å². The Kier molecular flexibility index (Phi) is 4.85. The molecule has 1 aliphatic heterocycles. The Morgan fingerprint density at radius 1 is 1.10 bits per heavy atom. The van der Waals surface area contributed by atoms with Gasteiger partial charge in [-0.15, -0.1) is 0 Å². The van der Waals surface area contributed by atoms with Crippen molar-refractivity contribution in [3.63, 3.8) is 0 Å². The third-order valence-corrected chi connectivity index (χ3v) is 8.05. The molecule has 1 heterocycles. The van der Waals surface area contributed by atoms with E-state index in [-0.39, 0.29) is 35.5 Å². The van der Waals surface area contributed by atoms with E-state index in [1.807, 2.05) is 30.3 Å². The number of amides is 1. The molecule has 158 valence electrons. The van der Waals surface area contributed by atoms with Crippen molar-refractivity contribution in [1.29, 1.82) is 0 Å². The van der Waals surface area contributed by atoms with Crippen LogP contribution in [0.5, 0.6) is 5.75 Å². The van der Waals surface area contributed by atoms with Gasteiger partial charge >= 0.3 is 0 Å². The number of ether oxygens (including phenoxy) is 2. The van der Waals surface area contributed by atoms with Crippen LogP contribution in [0.15, 0.2) is 60.7 Å². The van der Waals surface area contributed by atoms with Crippen LogP contribution in [-0.4, -0.2) is 25.2 Å². The largest absolute Gasteiger partial charge is 0.484 e. The summed E-state index contributed by atoms with van der Waals surface area (Å²) in [6.45, 7) is 5.48. The van der Waals surface area contributed by atoms with Gasteiger partial charge in [0.15, 0.2) is 6.61 Å². The number of benzene rings is 2. The van der Waals surface area contributed by atoms with Crippen molar-refractivity contribution in [1.82, 2.24) is 5.32 Å². The minimum absolute atomic E-state index is 0.0274. The van der Waals surface area contributed by atoms with Crippen LogP contribution in [0.1, 0.15) is 44.8 Å². The Labute approximate surface area is 179 Å². The van der Waals surface area contributed by atoms with Crippen LogP contribution in [-0.2, 0) is 9.53 Å². The fourth-order valence-corrected chi connectivity index (χ4v) is 6.63. The molecule has 0 unspecified atom stereocenters. The third-order valence-electron chi connectivity index (χ3n) is 8.05. The van der Waals surface area contributed by atoms with Gasteiger partial charge in [0, 0.05) is 12.6 Å². The van der Waals surface area contributed by atoms with Crippen molar-refractivity contribution in [2.24, 2.45) is 22.7 Å². The number of carbonyl (C=O) groups is 1. The molecule has 3 aliphatic rings. The first kappa shape index (κ1) is 19.6. The molecule has 0 aromatic heterocycles. The molecule has 4 nitrogen and oxygen atoms in total. The summed E-state index contributed by atoms with van der Waals surface area (Å²) in [6, 6.07) is 20.3. The van der Waals surface area contributed by atoms with Gasteiger partial charge in [-0.3, -0.25) is 4.79 Å². The van der Waals surface area contributed by atoms with Crippen molar-refractivity contribution >= 4 is 5.91 Å². The van der Waals surface area contributed by atoms with Crippen LogP contribution in [0.4, 0.5) is 0 Å². The maximum atomic E-state index is 12.9. The second-order valence-corrected chi connectivity index (χ2v) is 9.85. The lowest BCUT2D eigenvalue weighted by Crippen LogP contribution is -2.59. The van der Waals surface area contributed by atoms with E-state index in [0.29, 0.717) is 11.8 Å². The second-order valence-electron chi connectivity index (χ2n) is 9.85. The molecule has 1 saturated heterocycles. The maximum absolute atomic E-state index is 12.9. The third kappa shape index (κ3) is 3.13. The summed E-state index contributed by atoms with van der Waals surface area (Å²) in [5.41, 5.74) is 1.46. The average Bonchev–Trinajstić information content (AvgIpc) is 3.26. The number of hydrogen-bond donors (Lipinski definition) is 1. The molecule has 2 aliphatic carbocycles. The first-order valence-corrected chi connectivity index (χ1v) is 11.1. The summed E-state index contributed by atoms with van der Waals surface area (Å²) in [6.07, 6.45) is 3.51. The van der Waals surface area contributed by atoms with Crippen LogP contribution in [0.3, 0.4) is 0 Å². The molecule has 2 saturated carbocycles. The molecule has 30 heavy (non-hydrogen) atoms. The van der Waals surface area contributed by atoms with Crippen LogP contribution >= 0.6 is 0 Å². The first-order chi connectivity index (χ1) is 14.5. The second kappa shape index (κ2) is 7.42. The number of nitrogens with one attached hydrogen (secondary N) is 1. The zero-order valence-corrected chi connectivity index (χ0v) is 17.8. The lowest BCUT2D eigenvalue weighted by molar-refractivity contribution is -0.138. The fourth-order valence-electron chi connectivity index (χ4n) is 6.63. The number of carbonyl (C=O) groups excluding carboxylic acids is 1. The van der Waals surface area contributed by atoms with Crippen LogP contribution in [0.25, 0.3) is 0 Å². The van der Waals surface area contributed by atoms with Gasteiger partial charge in [-0.1, -0.05) is 62.4 Å². The Balaban J connectivity index is 1.36. The summed E-state index contributed by atoms with van der Waals surface area (Å²) in [7, 11) is 0. The topological polar surface area (TPSA) is 47.6 Å². The number of fused-ring (bicyclic) bond motifs is 1. The minimum atomic E-state index is -0.0274. The molecule has 5 atom stereocenters. The standard InChI is InChI=1S/C26H31NO3/c1-25(2)19-15-21-23(18-9-5-3-6-10-18)29-14-13-26(21,16-19)24(25)27-22(28)17-30-20-11-7-4-8-12-20/h3-12,19,21,23-24H,13-17H2,1-2H3,(H,27,28)/t19-,21-,23-,24+,26-/m1/s1. The lowest BCUT2D eigenvalue weighted by atomic mass is 9.59. The molecule has 1 amide bonds. The zero-order valence-electron chi connectivity index (χ0n) is 17.8. The molecule has 2 bridgehead atoms. The molecule has 1 N–H and O–H groups in total. The highest BCUT2D eigenvalue weighted by atomic mass is 16.5. The first-order valence-electron chi connectivity index (χ1n) is 11.1. The van der Waals surface area contributed by atoms with Gasteiger partial charge in [0.05, 0.1) is 6.10 Å². The summed E-state index contributed by atoms with van der Waals surface area (Å²) in [4.78, 5) is 12.9. The van der Waals surface area contributed by atoms with E-state index in [9.17, 15) is 4.79 Å². The van der Waals surface area contributed by atoms with E-state index in [4.69, 9.17) is 9.47 Å². The molecule has 3 fully saturated rings. The molecule has 2 aromatic carbocycles. The predicted molar refractivity (Wildman–Crippen MR) is 116 cm³/mol. The monoisotopic (exact) mass is 405 g/mol. The quantitative estimate of drug-likeness (QED) is 0.780. The van der Waals surface area contributed by atoms with Gasteiger partial charge in [0.2, 0.25) is 0 Å². The Bertz CT molecular complexity index is 897. The van der Waals surface area contributed by atoms with Crippen molar-refractivity contribution in [3.05, 3.63) is 66.2 Å². The Morgan fingerprint density at radius 2 is 1.80 bits per heavy atom. The molecule has 4 heteroatoms. The molecular formula is C26H31NO3. The Morgan fingerprint density at radius 3 is 2.53 bits per heavy atom. The van der Waals surface area contributed by atoms with Crippen LogP contribution in [0, 0.1) is 22.7 Å². The summed E-state index contributed by atoms with van der Waals surface area (Å²) < 4.78 is 12.0. The van der Waals surface area contributed by atoms with Crippen molar-refractivity contribution in [2.75, 3.05) is 13.2 Å². The summed E-state index contributed by atoms with van der Waals surface area (Å²) in [5.74, 6) is 1.76. The highest BCUT2D eigenvalue weighted by Gasteiger charge is 2.68. The average molecular weight is 406 g/mol. The Hall–Kier alpha value is -2.33. The highest BCUT2D eigenvalue weighted by Crippen LogP contribution is 2.70. The SMILES string of the molecule is CC1(C)[C@@H]2C[C@@H]3[C@@H](c4ccccc4)OCC[C@]3(C2)[C@H]1NC(=O)COc1ccccc1. The van der Waals surface area contributed by atoms with Gasteiger partial charge in [-0.25, -0.2) is 0 Å². The smallest absolute Gasteiger partial charge is 0.258 e. The lowest BCUT2D eigenvalue weighted by Gasteiger charge is -2.53. The van der Waals surface area contributed by atoms with Gasteiger partial charge < -0.3 is 14.8 Å². The highest BCUT2D eigenvalue weighted by molar-refractivity contribution is 5.78. The normalized spacial score (nSPS) is 33.7. The molecule has 0 radical (unpaired) electrons. The van der Waals surface area contributed by atoms with E-state index < -0.39 is 0 Å². The van der Waals surface area contributed by atoms with E-state index in [1.165, 1.54) is 18.4 Å². The zero-order chi connectivity index (χ0) is 20.8. The van der Waals surface area contributed by atoms with Crippen molar-refractivity contribution in [2.45, 2.75) is 45.3 Å². The maximum Gasteiger partial charge on any atom is 0.258 e.